The Kier molecular flexibility index (Phi) is 5.75. The average molecular weight is 323 g/mol. The van der Waals surface area contributed by atoms with Crippen LogP contribution in [0.3, 0.4) is 0 Å². The lowest BCUT2D eigenvalue weighted by atomic mass is 9.95. The van der Waals surface area contributed by atoms with Gasteiger partial charge in [0.25, 0.3) is 0 Å². The van der Waals surface area contributed by atoms with E-state index in [1.165, 1.54) is 51.1 Å². The molecule has 0 aromatic heterocycles. The largest absolute Gasteiger partial charge is 0.378 e. The number of hydrogen-bond acceptors (Lipinski definition) is 3. The summed E-state index contributed by atoms with van der Waals surface area (Å²) in [6, 6.07) is 8.25. The fourth-order valence-electron chi connectivity index (χ4n) is 3.60. The maximum Gasteiger partial charge on any atom is 0.0550 e. The van der Waals surface area contributed by atoms with Crippen LogP contribution < -0.4 is 0 Å². The SMILES string of the molecule is CC1CC(CN2CCN(Cc3ccc(Cl)cc3)CC2)CCO1. The average Bonchev–Trinajstić information content (AvgIpc) is 2.52. The van der Waals surface area contributed by atoms with Gasteiger partial charge in [0.05, 0.1) is 6.10 Å². The van der Waals surface area contributed by atoms with Gasteiger partial charge >= 0.3 is 0 Å². The minimum atomic E-state index is 0.449. The summed E-state index contributed by atoms with van der Waals surface area (Å²) in [5, 5.41) is 0.819. The molecule has 2 aliphatic heterocycles. The first-order chi connectivity index (χ1) is 10.7. The summed E-state index contributed by atoms with van der Waals surface area (Å²) in [7, 11) is 0. The lowest BCUT2D eigenvalue weighted by Gasteiger charge is -2.38. The topological polar surface area (TPSA) is 15.7 Å². The lowest BCUT2D eigenvalue weighted by molar-refractivity contribution is -0.00958. The predicted octanol–water partition coefficient (Wildman–Crippen LogP) is 3.27. The Hall–Kier alpha value is -0.610. The molecule has 122 valence electrons. The van der Waals surface area contributed by atoms with Crippen LogP contribution in [0.2, 0.25) is 5.02 Å². The molecule has 0 spiro atoms. The van der Waals surface area contributed by atoms with Crippen LogP contribution in [0.25, 0.3) is 0 Å². The molecule has 0 N–H and O–H groups in total. The second-order valence-corrected chi connectivity index (χ2v) is 7.21. The quantitative estimate of drug-likeness (QED) is 0.846. The third-order valence-electron chi connectivity index (χ3n) is 4.89. The molecule has 1 aromatic carbocycles. The third-order valence-corrected chi connectivity index (χ3v) is 5.15. The maximum atomic E-state index is 5.95. The van der Waals surface area contributed by atoms with Crippen LogP contribution in [0.4, 0.5) is 0 Å². The lowest BCUT2D eigenvalue weighted by Crippen LogP contribution is -2.48. The van der Waals surface area contributed by atoms with Crippen molar-refractivity contribution in [2.75, 3.05) is 39.3 Å². The van der Waals surface area contributed by atoms with Gasteiger partial charge in [0.15, 0.2) is 0 Å². The number of benzene rings is 1. The maximum absolute atomic E-state index is 5.95. The summed E-state index contributed by atoms with van der Waals surface area (Å²) in [6.07, 6.45) is 2.91. The molecule has 4 heteroatoms. The molecule has 0 aliphatic carbocycles. The molecule has 22 heavy (non-hydrogen) atoms. The van der Waals surface area contributed by atoms with Crippen molar-refractivity contribution in [2.45, 2.75) is 32.4 Å². The normalized spacial score (nSPS) is 27.9. The molecule has 2 aliphatic rings. The van der Waals surface area contributed by atoms with Crippen molar-refractivity contribution < 1.29 is 4.74 Å². The first kappa shape index (κ1) is 16.3. The van der Waals surface area contributed by atoms with Crippen molar-refractivity contribution >= 4 is 11.6 Å². The second kappa shape index (κ2) is 7.78. The van der Waals surface area contributed by atoms with Gasteiger partial charge in [-0.3, -0.25) is 4.90 Å². The van der Waals surface area contributed by atoms with E-state index in [2.05, 4.69) is 28.9 Å². The van der Waals surface area contributed by atoms with E-state index in [4.69, 9.17) is 16.3 Å². The molecule has 3 rings (SSSR count). The summed E-state index contributed by atoms with van der Waals surface area (Å²) in [6.45, 7) is 10.2. The van der Waals surface area contributed by atoms with Gasteiger partial charge in [-0.05, 0) is 43.4 Å². The Morgan fingerprint density at radius 2 is 1.77 bits per heavy atom. The van der Waals surface area contributed by atoms with E-state index < -0.39 is 0 Å². The Balaban J connectivity index is 1.41. The Morgan fingerprint density at radius 3 is 2.45 bits per heavy atom. The summed E-state index contributed by atoms with van der Waals surface area (Å²) >= 11 is 5.95. The highest BCUT2D eigenvalue weighted by molar-refractivity contribution is 6.30. The number of rotatable bonds is 4. The van der Waals surface area contributed by atoms with Crippen LogP contribution >= 0.6 is 11.6 Å². The van der Waals surface area contributed by atoms with Crippen LogP contribution in [-0.2, 0) is 11.3 Å². The summed E-state index contributed by atoms with van der Waals surface area (Å²) in [5.41, 5.74) is 1.36. The van der Waals surface area contributed by atoms with E-state index >= 15 is 0 Å². The molecule has 0 bridgehead atoms. The molecule has 1 aromatic rings. The van der Waals surface area contributed by atoms with E-state index in [-0.39, 0.29) is 0 Å². The highest BCUT2D eigenvalue weighted by atomic mass is 35.5. The van der Waals surface area contributed by atoms with Crippen molar-refractivity contribution in [2.24, 2.45) is 5.92 Å². The van der Waals surface area contributed by atoms with Gasteiger partial charge in [0.2, 0.25) is 0 Å². The van der Waals surface area contributed by atoms with Crippen LogP contribution in [0, 0.1) is 5.92 Å². The molecule has 2 fully saturated rings. The van der Waals surface area contributed by atoms with E-state index in [1.807, 2.05) is 12.1 Å². The van der Waals surface area contributed by atoms with Crippen LogP contribution in [0.15, 0.2) is 24.3 Å². The summed E-state index contributed by atoms with van der Waals surface area (Å²) in [5.74, 6) is 0.826. The Morgan fingerprint density at radius 1 is 1.09 bits per heavy atom. The second-order valence-electron chi connectivity index (χ2n) is 6.78. The number of nitrogens with zero attached hydrogens (tertiary/aromatic N) is 2. The number of halogens is 1. The monoisotopic (exact) mass is 322 g/mol. The molecule has 2 saturated heterocycles. The molecule has 3 nitrogen and oxygen atoms in total. The van der Waals surface area contributed by atoms with E-state index in [0.717, 1.165) is 24.1 Å². The molecule has 2 atom stereocenters. The van der Waals surface area contributed by atoms with Crippen molar-refractivity contribution in [3.8, 4) is 0 Å². The van der Waals surface area contributed by atoms with Gasteiger partial charge in [-0.2, -0.15) is 0 Å². The van der Waals surface area contributed by atoms with E-state index in [0.29, 0.717) is 6.10 Å². The van der Waals surface area contributed by atoms with Crippen molar-refractivity contribution in [3.05, 3.63) is 34.9 Å². The predicted molar refractivity (Wildman–Crippen MR) is 91.3 cm³/mol. The van der Waals surface area contributed by atoms with Crippen LogP contribution in [0.1, 0.15) is 25.3 Å². The molecular formula is C18H27ClN2O. The fourth-order valence-corrected chi connectivity index (χ4v) is 3.73. The first-order valence-corrected chi connectivity index (χ1v) is 8.87. The number of hydrogen-bond donors (Lipinski definition) is 0. The van der Waals surface area contributed by atoms with Gasteiger partial charge in [0.1, 0.15) is 0 Å². The molecule has 0 saturated carbocycles. The van der Waals surface area contributed by atoms with Crippen molar-refractivity contribution in [1.82, 2.24) is 9.80 Å². The Labute approximate surface area is 139 Å². The minimum absolute atomic E-state index is 0.449. The summed E-state index contributed by atoms with van der Waals surface area (Å²) < 4.78 is 5.65. The Bertz CT molecular complexity index is 457. The smallest absolute Gasteiger partial charge is 0.0550 e. The third kappa shape index (κ3) is 4.69. The highest BCUT2D eigenvalue weighted by Gasteiger charge is 2.24. The fraction of sp³-hybridized carbons (Fsp3) is 0.667. The molecular weight excluding hydrogens is 296 g/mol. The van der Waals surface area contributed by atoms with E-state index in [1.54, 1.807) is 0 Å². The van der Waals surface area contributed by atoms with E-state index in [9.17, 15) is 0 Å². The van der Waals surface area contributed by atoms with Gasteiger partial charge in [-0.15, -0.1) is 0 Å². The summed E-state index contributed by atoms with van der Waals surface area (Å²) in [4.78, 5) is 5.19. The van der Waals surface area contributed by atoms with Crippen molar-refractivity contribution in [1.29, 1.82) is 0 Å². The standard InChI is InChI=1S/C18H27ClN2O/c1-15-12-17(6-11-22-15)14-21-9-7-20(8-10-21)13-16-2-4-18(19)5-3-16/h2-5,15,17H,6-14H2,1H3. The number of ether oxygens (including phenoxy) is 1. The molecule has 0 amide bonds. The zero-order valence-electron chi connectivity index (χ0n) is 13.5. The van der Waals surface area contributed by atoms with Crippen LogP contribution in [-0.4, -0.2) is 55.2 Å². The molecule has 0 radical (unpaired) electrons. The van der Waals surface area contributed by atoms with Gasteiger partial charge in [-0.25, -0.2) is 0 Å². The van der Waals surface area contributed by atoms with Crippen LogP contribution in [0.5, 0.6) is 0 Å². The number of piperazine rings is 1. The van der Waals surface area contributed by atoms with Crippen molar-refractivity contribution in [3.63, 3.8) is 0 Å². The van der Waals surface area contributed by atoms with Gasteiger partial charge < -0.3 is 9.64 Å². The highest BCUT2D eigenvalue weighted by Crippen LogP contribution is 2.21. The zero-order chi connectivity index (χ0) is 15.4. The first-order valence-electron chi connectivity index (χ1n) is 8.50. The van der Waals surface area contributed by atoms with Gasteiger partial charge in [-0.1, -0.05) is 23.7 Å². The molecule has 2 unspecified atom stereocenters. The zero-order valence-corrected chi connectivity index (χ0v) is 14.3. The minimum Gasteiger partial charge on any atom is -0.378 e. The van der Waals surface area contributed by atoms with Gasteiger partial charge in [0, 0.05) is 50.9 Å². The molecule has 2 heterocycles.